The Morgan fingerprint density at radius 1 is 1.22 bits per heavy atom. The Bertz CT molecular complexity index is 1040. The number of H-pyrrole nitrogens is 1. The number of aryl methyl sites for hydroxylation is 3. The van der Waals surface area contributed by atoms with Crippen LogP contribution >= 0.6 is 27.3 Å². The summed E-state index contributed by atoms with van der Waals surface area (Å²) in [6.07, 6.45) is 4.86. The van der Waals surface area contributed by atoms with Crippen LogP contribution in [0.1, 0.15) is 41.1 Å². The Kier molecular flexibility index (Phi) is 5.41. The van der Waals surface area contributed by atoms with Gasteiger partial charge in [-0.05, 0) is 48.9 Å². The van der Waals surface area contributed by atoms with Crippen molar-refractivity contribution >= 4 is 43.5 Å². The maximum Gasteiger partial charge on any atom is 0.306 e. The van der Waals surface area contributed by atoms with Crippen LogP contribution in [0.5, 0.6) is 0 Å². The van der Waals surface area contributed by atoms with Gasteiger partial charge in [0.25, 0.3) is 5.56 Å². The Morgan fingerprint density at radius 3 is 2.81 bits per heavy atom. The maximum absolute atomic E-state index is 12.5. The quantitative estimate of drug-likeness (QED) is 0.592. The van der Waals surface area contributed by atoms with Crippen molar-refractivity contribution in [3.8, 4) is 0 Å². The molecule has 1 N–H and O–H groups in total. The molecule has 0 radical (unpaired) electrons. The molecule has 7 heteroatoms. The molecule has 3 aromatic rings. The van der Waals surface area contributed by atoms with Gasteiger partial charge in [-0.3, -0.25) is 9.59 Å². The Balaban J connectivity index is 1.40. The first-order valence-electron chi connectivity index (χ1n) is 9.03. The highest BCUT2D eigenvalue weighted by Crippen LogP contribution is 2.33. The molecule has 0 fully saturated rings. The largest absolute Gasteiger partial charge is 0.461 e. The molecule has 0 saturated heterocycles. The smallest absolute Gasteiger partial charge is 0.306 e. The fourth-order valence-electron chi connectivity index (χ4n) is 3.36. The summed E-state index contributed by atoms with van der Waals surface area (Å²) in [7, 11) is 0. The Hall–Kier alpha value is -1.99. The minimum absolute atomic E-state index is 0.0855. The lowest BCUT2D eigenvalue weighted by Gasteiger charge is -2.09. The van der Waals surface area contributed by atoms with Crippen LogP contribution in [0.15, 0.2) is 33.5 Å². The highest BCUT2D eigenvalue weighted by Gasteiger charge is 2.20. The first kappa shape index (κ1) is 18.4. The summed E-state index contributed by atoms with van der Waals surface area (Å²) in [5.41, 5.74) is 2.02. The standard InChI is InChI=1S/C20H19BrN2O3S/c21-13-7-5-12(6-8-13)11-26-17(24)10-9-16-22-19(25)18-14-3-1-2-4-15(14)27-20(18)23-16/h5-8H,1-4,9-11H2,(H,22,23,25). The molecule has 0 atom stereocenters. The third-order valence-electron chi connectivity index (χ3n) is 4.75. The second-order valence-electron chi connectivity index (χ2n) is 6.69. The highest BCUT2D eigenvalue weighted by molar-refractivity contribution is 9.10. The molecule has 0 aliphatic heterocycles. The fourth-order valence-corrected chi connectivity index (χ4v) is 4.91. The lowest BCUT2D eigenvalue weighted by molar-refractivity contribution is -0.144. The number of nitrogens with zero attached hydrogens (tertiary/aromatic N) is 1. The van der Waals surface area contributed by atoms with Gasteiger partial charge in [0.05, 0.1) is 11.8 Å². The van der Waals surface area contributed by atoms with E-state index in [0.29, 0.717) is 12.2 Å². The van der Waals surface area contributed by atoms with E-state index >= 15 is 0 Å². The number of hydrogen-bond acceptors (Lipinski definition) is 5. The zero-order chi connectivity index (χ0) is 18.8. The first-order chi connectivity index (χ1) is 13.1. The van der Waals surface area contributed by atoms with Crippen molar-refractivity contribution in [3.63, 3.8) is 0 Å². The molecule has 140 valence electrons. The lowest BCUT2D eigenvalue weighted by atomic mass is 9.97. The summed E-state index contributed by atoms with van der Waals surface area (Å²) in [5.74, 6) is 0.248. The first-order valence-corrected chi connectivity index (χ1v) is 10.6. The van der Waals surface area contributed by atoms with E-state index < -0.39 is 0 Å². The van der Waals surface area contributed by atoms with Gasteiger partial charge in [0.1, 0.15) is 17.3 Å². The minimum atomic E-state index is -0.300. The fraction of sp³-hybridized carbons (Fsp3) is 0.350. The molecule has 0 unspecified atom stereocenters. The second-order valence-corrected chi connectivity index (χ2v) is 8.69. The number of thiophene rings is 1. The van der Waals surface area contributed by atoms with Gasteiger partial charge in [0.15, 0.2) is 0 Å². The van der Waals surface area contributed by atoms with Crippen molar-refractivity contribution in [2.75, 3.05) is 0 Å². The Morgan fingerprint density at radius 2 is 2.00 bits per heavy atom. The van der Waals surface area contributed by atoms with Crippen molar-refractivity contribution in [1.29, 1.82) is 0 Å². The van der Waals surface area contributed by atoms with Gasteiger partial charge in [0.2, 0.25) is 0 Å². The number of benzene rings is 1. The minimum Gasteiger partial charge on any atom is -0.461 e. The molecule has 1 aliphatic rings. The summed E-state index contributed by atoms with van der Waals surface area (Å²) in [6.45, 7) is 0.243. The van der Waals surface area contributed by atoms with E-state index in [1.54, 1.807) is 11.3 Å². The van der Waals surface area contributed by atoms with Crippen LogP contribution in [0, 0.1) is 0 Å². The van der Waals surface area contributed by atoms with E-state index in [2.05, 4.69) is 25.9 Å². The van der Waals surface area contributed by atoms with Crippen molar-refractivity contribution in [3.05, 3.63) is 60.9 Å². The molecule has 4 rings (SSSR count). The summed E-state index contributed by atoms with van der Waals surface area (Å²) in [5, 5.41) is 0.747. The van der Waals surface area contributed by atoms with E-state index in [-0.39, 0.29) is 24.6 Å². The van der Waals surface area contributed by atoms with E-state index in [4.69, 9.17) is 4.74 Å². The zero-order valence-corrected chi connectivity index (χ0v) is 17.1. The van der Waals surface area contributed by atoms with E-state index in [9.17, 15) is 9.59 Å². The predicted molar refractivity (Wildman–Crippen MR) is 109 cm³/mol. The number of rotatable bonds is 5. The molecule has 27 heavy (non-hydrogen) atoms. The van der Waals surface area contributed by atoms with Crippen molar-refractivity contribution < 1.29 is 9.53 Å². The molecule has 0 amide bonds. The maximum atomic E-state index is 12.5. The van der Waals surface area contributed by atoms with E-state index in [1.807, 2.05) is 24.3 Å². The number of nitrogens with one attached hydrogen (secondary N) is 1. The van der Waals surface area contributed by atoms with Gasteiger partial charge >= 0.3 is 5.97 Å². The molecule has 1 aromatic carbocycles. The topological polar surface area (TPSA) is 72.0 Å². The molecule has 1 aliphatic carbocycles. The highest BCUT2D eigenvalue weighted by atomic mass is 79.9. The number of carbonyl (C=O) groups is 1. The molecule has 0 saturated carbocycles. The molecular formula is C20H19BrN2O3S. The Labute approximate surface area is 168 Å². The molecular weight excluding hydrogens is 428 g/mol. The number of hydrogen-bond donors (Lipinski definition) is 1. The third kappa shape index (κ3) is 4.14. The van der Waals surface area contributed by atoms with Gasteiger partial charge in [-0.1, -0.05) is 28.1 Å². The van der Waals surface area contributed by atoms with Crippen LogP contribution in [0.3, 0.4) is 0 Å². The third-order valence-corrected chi connectivity index (χ3v) is 6.47. The zero-order valence-electron chi connectivity index (χ0n) is 14.7. The van der Waals surface area contributed by atoms with Crippen LogP contribution in [-0.4, -0.2) is 15.9 Å². The monoisotopic (exact) mass is 446 g/mol. The number of fused-ring (bicyclic) bond motifs is 3. The summed E-state index contributed by atoms with van der Waals surface area (Å²) >= 11 is 4.99. The normalized spacial score (nSPS) is 13.5. The van der Waals surface area contributed by atoms with Crippen molar-refractivity contribution in [2.45, 2.75) is 45.1 Å². The molecule has 0 spiro atoms. The van der Waals surface area contributed by atoms with Gasteiger partial charge in [-0.25, -0.2) is 4.98 Å². The number of aromatic amines is 1. The van der Waals surface area contributed by atoms with Crippen molar-refractivity contribution in [2.24, 2.45) is 0 Å². The number of ether oxygens (including phenoxy) is 1. The lowest BCUT2D eigenvalue weighted by Crippen LogP contribution is -2.14. The van der Waals surface area contributed by atoms with Crippen LogP contribution < -0.4 is 5.56 Å². The molecule has 2 heterocycles. The van der Waals surface area contributed by atoms with Crippen LogP contribution in [0.4, 0.5) is 0 Å². The van der Waals surface area contributed by atoms with E-state index in [0.717, 1.165) is 39.5 Å². The van der Waals surface area contributed by atoms with Crippen molar-refractivity contribution in [1.82, 2.24) is 9.97 Å². The van der Waals surface area contributed by atoms with Crippen LogP contribution in [0.2, 0.25) is 0 Å². The SMILES string of the molecule is O=C(CCc1nc2sc3c(c2c(=O)[nH]1)CCCC3)OCc1ccc(Br)cc1. The number of halogens is 1. The average molecular weight is 447 g/mol. The number of esters is 1. The second kappa shape index (κ2) is 7.94. The van der Waals surface area contributed by atoms with Crippen LogP contribution in [-0.2, 0) is 35.4 Å². The number of carbonyl (C=O) groups excluding carboxylic acids is 1. The molecule has 5 nitrogen and oxygen atoms in total. The summed E-state index contributed by atoms with van der Waals surface area (Å²) < 4.78 is 6.29. The summed E-state index contributed by atoms with van der Waals surface area (Å²) in [4.78, 5) is 34.0. The predicted octanol–water partition coefficient (Wildman–Crippen LogP) is 4.30. The number of aromatic nitrogens is 2. The average Bonchev–Trinajstić information content (AvgIpc) is 3.05. The van der Waals surface area contributed by atoms with E-state index in [1.165, 1.54) is 16.9 Å². The molecule has 2 aromatic heterocycles. The van der Waals surface area contributed by atoms with Gasteiger partial charge in [0, 0.05) is 15.8 Å². The van der Waals surface area contributed by atoms with Crippen LogP contribution in [0.25, 0.3) is 10.2 Å². The van der Waals surface area contributed by atoms with Gasteiger partial charge in [-0.15, -0.1) is 11.3 Å². The van der Waals surface area contributed by atoms with Gasteiger partial charge in [-0.2, -0.15) is 0 Å². The molecule has 0 bridgehead atoms. The summed E-state index contributed by atoms with van der Waals surface area (Å²) in [6, 6.07) is 7.63. The van der Waals surface area contributed by atoms with Gasteiger partial charge < -0.3 is 9.72 Å².